The summed E-state index contributed by atoms with van der Waals surface area (Å²) in [7, 11) is 4.03. The molecular weight excluding hydrogens is 334 g/mol. The van der Waals surface area contributed by atoms with Crippen molar-refractivity contribution in [2.45, 2.75) is 59.5 Å². The van der Waals surface area contributed by atoms with Crippen molar-refractivity contribution in [1.29, 1.82) is 0 Å². The van der Waals surface area contributed by atoms with Crippen LogP contribution < -0.4 is 15.2 Å². The van der Waals surface area contributed by atoms with Crippen LogP contribution in [0.4, 0.5) is 5.69 Å². The van der Waals surface area contributed by atoms with Crippen molar-refractivity contribution in [3.8, 4) is 0 Å². The Balaban J connectivity index is 1.71. The number of benzene rings is 1. The molecule has 4 rings (SSSR count). The zero-order valence-corrected chi connectivity index (χ0v) is 17.7. The molecule has 1 aliphatic carbocycles. The number of anilines is 1. The van der Waals surface area contributed by atoms with E-state index in [9.17, 15) is 4.79 Å². The van der Waals surface area contributed by atoms with Crippen LogP contribution in [-0.4, -0.2) is 31.7 Å². The fraction of sp³-hybridized carbons (Fsp3) is 0.609. The number of H-pyrrole nitrogens is 1. The van der Waals surface area contributed by atoms with Gasteiger partial charge in [-0.3, -0.25) is 4.79 Å². The lowest BCUT2D eigenvalue weighted by atomic mass is 9.65. The highest BCUT2D eigenvalue weighted by molar-refractivity contribution is 5.83. The fourth-order valence-electron chi connectivity index (χ4n) is 6.11. The molecule has 27 heavy (non-hydrogen) atoms. The molecule has 0 amide bonds. The van der Waals surface area contributed by atoms with Gasteiger partial charge in [0.1, 0.15) is 6.54 Å². The molecule has 1 saturated carbocycles. The molecule has 146 valence electrons. The van der Waals surface area contributed by atoms with Crippen LogP contribution >= 0.6 is 0 Å². The van der Waals surface area contributed by atoms with E-state index in [2.05, 4.69) is 43.6 Å². The van der Waals surface area contributed by atoms with Gasteiger partial charge in [-0.15, -0.1) is 0 Å². The quantitative estimate of drug-likeness (QED) is 0.875. The van der Waals surface area contributed by atoms with Crippen LogP contribution in [0, 0.1) is 17.8 Å². The van der Waals surface area contributed by atoms with Crippen molar-refractivity contribution in [2.75, 3.05) is 25.5 Å². The molecule has 0 radical (unpaired) electrons. The Morgan fingerprint density at radius 2 is 1.96 bits per heavy atom. The van der Waals surface area contributed by atoms with Crippen LogP contribution in [0.5, 0.6) is 0 Å². The molecule has 3 unspecified atom stereocenters. The summed E-state index contributed by atoms with van der Waals surface area (Å²) >= 11 is 0. The molecule has 2 bridgehead atoms. The Hall–Kier alpha value is -1.81. The number of nitrogens with one attached hydrogen (secondary N) is 2. The fourth-order valence-corrected chi connectivity index (χ4v) is 6.11. The second-order valence-corrected chi connectivity index (χ2v) is 10.5. The number of nitrogens with zero attached hydrogens (tertiary/aromatic N) is 1. The SMILES string of the molecule is Cc1[nH]c2ccc(N(C)C)cc2c(=O)c1C[NH+]1CC2(C)CC1CC(C)(C)C2. The Labute approximate surface area is 162 Å². The Bertz CT molecular complexity index is 943. The smallest absolute Gasteiger partial charge is 0.198 e. The molecule has 0 spiro atoms. The van der Waals surface area contributed by atoms with Crippen LogP contribution in [0.25, 0.3) is 10.9 Å². The van der Waals surface area contributed by atoms with Crippen LogP contribution in [0.3, 0.4) is 0 Å². The summed E-state index contributed by atoms with van der Waals surface area (Å²) in [6.45, 7) is 11.4. The number of rotatable bonds is 3. The van der Waals surface area contributed by atoms with Gasteiger partial charge in [0, 0.05) is 54.6 Å². The van der Waals surface area contributed by atoms with Crippen molar-refractivity contribution in [3.63, 3.8) is 0 Å². The molecule has 3 atom stereocenters. The molecule has 1 aliphatic heterocycles. The molecule has 2 heterocycles. The van der Waals surface area contributed by atoms with Gasteiger partial charge in [-0.2, -0.15) is 0 Å². The van der Waals surface area contributed by atoms with Crippen LogP contribution in [0.2, 0.25) is 0 Å². The molecule has 1 saturated heterocycles. The summed E-state index contributed by atoms with van der Waals surface area (Å²) in [6, 6.07) is 6.80. The number of pyridine rings is 1. The van der Waals surface area contributed by atoms with E-state index in [1.54, 1.807) is 4.90 Å². The maximum absolute atomic E-state index is 13.4. The number of quaternary nitrogens is 1. The molecule has 4 nitrogen and oxygen atoms in total. The number of aryl methyl sites for hydroxylation is 1. The topological polar surface area (TPSA) is 40.5 Å². The minimum atomic E-state index is 0.211. The normalized spacial score (nSPS) is 29.3. The second-order valence-electron chi connectivity index (χ2n) is 10.5. The van der Waals surface area contributed by atoms with Crippen molar-refractivity contribution >= 4 is 16.6 Å². The Kier molecular flexibility index (Phi) is 4.19. The van der Waals surface area contributed by atoms with E-state index in [0.29, 0.717) is 16.9 Å². The van der Waals surface area contributed by atoms with Gasteiger partial charge in [0.05, 0.1) is 18.2 Å². The van der Waals surface area contributed by atoms with E-state index in [0.717, 1.165) is 34.4 Å². The van der Waals surface area contributed by atoms with Crippen LogP contribution in [0.1, 0.15) is 51.3 Å². The van der Waals surface area contributed by atoms with Crippen molar-refractivity contribution < 1.29 is 4.90 Å². The average molecular weight is 369 g/mol. The second kappa shape index (κ2) is 6.10. The van der Waals surface area contributed by atoms with Gasteiger partial charge in [0.15, 0.2) is 5.43 Å². The summed E-state index contributed by atoms with van der Waals surface area (Å²) in [5, 5.41) is 0.815. The minimum Gasteiger partial charge on any atom is -0.378 e. The summed E-state index contributed by atoms with van der Waals surface area (Å²) in [4.78, 5) is 20.5. The van der Waals surface area contributed by atoms with E-state index in [-0.39, 0.29) is 5.43 Å². The summed E-state index contributed by atoms with van der Waals surface area (Å²) in [5.74, 6) is 0. The highest BCUT2D eigenvalue weighted by Gasteiger charge is 2.52. The highest BCUT2D eigenvalue weighted by Crippen LogP contribution is 2.47. The van der Waals surface area contributed by atoms with Crippen molar-refractivity contribution in [1.82, 2.24) is 4.98 Å². The minimum absolute atomic E-state index is 0.211. The molecular formula is C23H34N3O+. The molecule has 2 fully saturated rings. The number of likely N-dealkylation sites (tertiary alicyclic amines) is 1. The third-order valence-electron chi connectivity index (χ3n) is 6.89. The van der Waals surface area contributed by atoms with E-state index in [1.807, 2.05) is 26.2 Å². The molecule has 2 N–H and O–H groups in total. The first kappa shape index (κ1) is 18.5. The molecule has 2 aliphatic rings. The number of hydrogen-bond donors (Lipinski definition) is 2. The highest BCUT2D eigenvalue weighted by atomic mass is 16.1. The third-order valence-corrected chi connectivity index (χ3v) is 6.89. The molecule has 1 aromatic heterocycles. The maximum Gasteiger partial charge on any atom is 0.198 e. The number of hydrogen-bond acceptors (Lipinski definition) is 2. The Morgan fingerprint density at radius 3 is 2.67 bits per heavy atom. The first-order valence-electron chi connectivity index (χ1n) is 10.2. The first-order chi connectivity index (χ1) is 12.6. The average Bonchev–Trinajstić information content (AvgIpc) is 2.79. The zero-order valence-electron chi connectivity index (χ0n) is 17.7. The number of aromatic amines is 1. The lowest BCUT2D eigenvalue weighted by molar-refractivity contribution is -0.928. The predicted octanol–water partition coefficient (Wildman–Crippen LogP) is 2.89. The van der Waals surface area contributed by atoms with Crippen LogP contribution in [0.15, 0.2) is 23.0 Å². The predicted molar refractivity (Wildman–Crippen MR) is 113 cm³/mol. The standard InChI is InChI=1S/C23H33N3O/c1-15-19(12-26-14-23(4)11-17(26)10-22(2,3)13-23)21(27)18-9-16(25(5)6)7-8-20(18)24-15/h7-9,17H,10-14H2,1-6H3,(H,24,27)/p+1. The maximum atomic E-state index is 13.4. The Morgan fingerprint density at radius 1 is 1.22 bits per heavy atom. The zero-order chi connectivity index (χ0) is 19.6. The van der Waals surface area contributed by atoms with Gasteiger partial charge in [-0.1, -0.05) is 20.8 Å². The van der Waals surface area contributed by atoms with Crippen molar-refractivity contribution in [3.05, 3.63) is 39.7 Å². The lowest BCUT2D eigenvalue weighted by Crippen LogP contribution is -3.12. The number of fused-ring (bicyclic) bond motifs is 3. The van der Waals surface area contributed by atoms with Gasteiger partial charge in [0.2, 0.25) is 0 Å². The summed E-state index contributed by atoms with van der Waals surface area (Å²) in [5.41, 5.74) is 5.08. The van der Waals surface area contributed by atoms with Gasteiger partial charge >= 0.3 is 0 Å². The monoisotopic (exact) mass is 368 g/mol. The molecule has 1 aromatic carbocycles. The molecule has 4 heteroatoms. The van der Waals surface area contributed by atoms with E-state index in [4.69, 9.17) is 0 Å². The summed E-state index contributed by atoms with van der Waals surface area (Å²) in [6.07, 6.45) is 3.88. The van der Waals surface area contributed by atoms with Gasteiger partial charge in [0.25, 0.3) is 0 Å². The summed E-state index contributed by atoms with van der Waals surface area (Å²) < 4.78 is 0. The van der Waals surface area contributed by atoms with E-state index < -0.39 is 0 Å². The van der Waals surface area contributed by atoms with Gasteiger partial charge in [-0.05, 0) is 37.0 Å². The first-order valence-corrected chi connectivity index (χ1v) is 10.2. The van der Waals surface area contributed by atoms with Gasteiger partial charge < -0.3 is 14.8 Å². The number of aromatic nitrogens is 1. The van der Waals surface area contributed by atoms with Crippen molar-refractivity contribution in [2.24, 2.45) is 10.8 Å². The lowest BCUT2D eigenvalue weighted by Gasteiger charge is -2.37. The largest absolute Gasteiger partial charge is 0.378 e. The third kappa shape index (κ3) is 3.29. The van der Waals surface area contributed by atoms with Crippen LogP contribution in [-0.2, 0) is 6.54 Å². The van der Waals surface area contributed by atoms with Gasteiger partial charge in [-0.25, -0.2) is 0 Å². The molecule has 2 aromatic rings. The van der Waals surface area contributed by atoms with E-state index >= 15 is 0 Å². The van der Waals surface area contributed by atoms with E-state index in [1.165, 1.54) is 25.8 Å².